The molecule has 0 atom stereocenters. The number of benzene rings is 4. The maximum Gasteiger partial charge on any atom is 0.296 e. The van der Waals surface area contributed by atoms with E-state index >= 15 is 0 Å². The zero-order chi connectivity index (χ0) is 24.0. The van der Waals surface area contributed by atoms with Crippen LogP contribution in [0, 0.1) is 0 Å². The number of nitrogens with two attached hydrogens (primary N) is 1. The minimum Gasteiger partial charge on any atom is -0.397 e. The molecule has 0 radical (unpaired) electrons. The average Bonchev–Trinajstić information content (AvgIpc) is 2.83. The number of nitrogens with one attached hydrogen (secondary N) is 1. The minimum absolute atomic E-state index is 0.0410. The quantitative estimate of drug-likeness (QED) is 0.257. The number of carbonyl (C=O) groups excluding carboxylic acids is 2. The summed E-state index contributed by atoms with van der Waals surface area (Å²) >= 11 is 0. The van der Waals surface area contributed by atoms with Crippen molar-refractivity contribution >= 4 is 38.7 Å². The van der Waals surface area contributed by atoms with Gasteiger partial charge in [0.25, 0.3) is 10.1 Å². The van der Waals surface area contributed by atoms with E-state index in [9.17, 15) is 22.6 Å². The van der Waals surface area contributed by atoms with Crippen LogP contribution in [-0.4, -0.2) is 24.5 Å². The summed E-state index contributed by atoms with van der Waals surface area (Å²) in [5.74, 6) is -1.06. The monoisotopic (exact) mass is 470 g/mol. The van der Waals surface area contributed by atoms with Crippen molar-refractivity contribution in [3.05, 3.63) is 107 Å². The van der Waals surface area contributed by atoms with Gasteiger partial charge in [-0.2, -0.15) is 8.42 Å². The van der Waals surface area contributed by atoms with E-state index in [1.165, 1.54) is 12.1 Å². The Balaban J connectivity index is 1.66. The van der Waals surface area contributed by atoms with Crippen LogP contribution in [0.2, 0.25) is 0 Å². The topological polar surface area (TPSA) is 127 Å². The van der Waals surface area contributed by atoms with Gasteiger partial charge in [-0.3, -0.25) is 14.1 Å². The third kappa shape index (κ3) is 3.55. The van der Waals surface area contributed by atoms with Crippen LogP contribution < -0.4 is 11.1 Å². The van der Waals surface area contributed by atoms with Crippen molar-refractivity contribution in [3.8, 4) is 11.1 Å². The zero-order valence-corrected chi connectivity index (χ0v) is 18.5. The van der Waals surface area contributed by atoms with Crippen molar-refractivity contribution in [2.75, 3.05) is 11.1 Å². The highest BCUT2D eigenvalue weighted by Gasteiger charge is 2.36. The summed E-state index contributed by atoms with van der Waals surface area (Å²) in [4.78, 5) is 25.9. The van der Waals surface area contributed by atoms with Crippen LogP contribution in [0.5, 0.6) is 0 Å². The highest BCUT2D eigenvalue weighted by molar-refractivity contribution is 7.86. The van der Waals surface area contributed by atoms with Gasteiger partial charge in [-0.1, -0.05) is 66.7 Å². The fourth-order valence-electron chi connectivity index (χ4n) is 4.14. The van der Waals surface area contributed by atoms with Gasteiger partial charge in [-0.05, 0) is 29.3 Å². The molecule has 0 spiro atoms. The molecular weight excluding hydrogens is 452 g/mol. The molecule has 0 aromatic heterocycles. The van der Waals surface area contributed by atoms with Gasteiger partial charge in [0.1, 0.15) is 4.90 Å². The van der Waals surface area contributed by atoms with Gasteiger partial charge in [0.2, 0.25) is 0 Å². The second-order valence-electron chi connectivity index (χ2n) is 7.83. The predicted octanol–water partition coefficient (Wildman–Crippen LogP) is 4.70. The van der Waals surface area contributed by atoms with Crippen LogP contribution in [-0.2, 0) is 10.1 Å². The molecule has 0 aliphatic heterocycles. The lowest BCUT2D eigenvalue weighted by atomic mass is 9.82. The maximum absolute atomic E-state index is 13.4. The Morgan fingerprint density at radius 3 is 1.82 bits per heavy atom. The first kappa shape index (κ1) is 21.6. The first-order chi connectivity index (χ1) is 16.3. The second kappa shape index (κ2) is 7.95. The first-order valence-electron chi connectivity index (χ1n) is 10.3. The molecule has 0 heterocycles. The minimum atomic E-state index is -4.77. The molecule has 0 bridgehead atoms. The zero-order valence-electron chi connectivity index (χ0n) is 17.6. The number of nitrogen functional groups attached to an aromatic ring is 1. The average molecular weight is 471 g/mol. The lowest BCUT2D eigenvalue weighted by Gasteiger charge is -2.23. The number of fused-ring (bicyclic) bond motifs is 2. The molecule has 0 saturated carbocycles. The molecular formula is C26H18N2O5S. The fraction of sp³-hybridized carbons (Fsp3) is 0. The number of hydrogen-bond donors (Lipinski definition) is 3. The van der Waals surface area contributed by atoms with E-state index in [2.05, 4.69) is 5.32 Å². The van der Waals surface area contributed by atoms with E-state index in [4.69, 9.17) is 5.73 Å². The molecule has 34 heavy (non-hydrogen) atoms. The molecule has 0 unspecified atom stereocenters. The van der Waals surface area contributed by atoms with Crippen LogP contribution in [0.3, 0.4) is 0 Å². The van der Waals surface area contributed by atoms with E-state index in [1.54, 1.807) is 24.3 Å². The van der Waals surface area contributed by atoms with Crippen molar-refractivity contribution in [3.63, 3.8) is 0 Å². The molecule has 4 aromatic carbocycles. The third-order valence-corrected chi connectivity index (χ3v) is 6.64. The summed E-state index contributed by atoms with van der Waals surface area (Å²) in [5, 5.41) is 3.03. The summed E-state index contributed by atoms with van der Waals surface area (Å²) in [5.41, 5.74) is 8.16. The normalized spacial score (nSPS) is 12.7. The highest BCUT2D eigenvalue weighted by Crippen LogP contribution is 2.40. The summed E-state index contributed by atoms with van der Waals surface area (Å²) < 4.78 is 33.8. The smallest absolute Gasteiger partial charge is 0.296 e. The van der Waals surface area contributed by atoms with Gasteiger partial charge in [-0.25, -0.2) is 0 Å². The predicted molar refractivity (Wildman–Crippen MR) is 129 cm³/mol. The number of ketones is 2. The van der Waals surface area contributed by atoms with E-state index in [1.807, 2.05) is 42.5 Å². The lowest BCUT2D eigenvalue weighted by Crippen LogP contribution is -2.25. The Bertz CT molecular complexity index is 1580. The lowest BCUT2D eigenvalue weighted by molar-refractivity contribution is 0.0980. The van der Waals surface area contributed by atoms with E-state index in [0.29, 0.717) is 5.69 Å². The maximum atomic E-state index is 13.4. The fourth-order valence-corrected chi connectivity index (χ4v) is 4.78. The van der Waals surface area contributed by atoms with Crippen LogP contribution in [0.15, 0.2) is 89.8 Å². The molecule has 1 aliphatic rings. The summed E-state index contributed by atoms with van der Waals surface area (Å²) in [7, 11) is -4.77. The van der Waals surface area contributed by atoms with Crippen LogP contribution in [0.4, 0.5) is 17.1 Å². The summed E-state index contributed by atoms with van der Waals surface area (Å²) in [6.07, 6.45) is 0. The molecule has 8 heteroatoms. The first-order valence-corrected chi connectivity index (χ1v) is 11.7. The van der Waals surface area contributed by atoms with Gasteiger partial charge in [0.15, 0.2) is 11.6 Å². The molecule has 0 fully saturated rings. The number of carbonyl (C=O) groups is 2. The standard InChI is InChI=1S/C26H18N2O5S/c27-24-21(34(31,32)33)14-20(22-23(24)26(30)19-9-5-4-8-18(19)25(22)29)28-17-12-10-16(11-13-17)15-6-2-1-3-7-15/h1-14,28H,27H2,(H,31,32,33). The van der Waals surface area contributed by atoms with Crippen LogP contribution >= 0.6 is 0 Å². The molecule has 0 saturated heterocycles. The molecule has 7 nitrogen and oxygen atoms in total. The molecule has 4 aromatic rings. The summed E-state index contributed by atoms with van der Waals surface area (Å²) in [6.45, 7) is 0. The molecule has 4 N–H and O–H groups in total. The van der Waals surface area contributed by atoms with E-state index < -0.39 is 32.3 Å². The Labute approximate surface area is 195 Å². The highest BCUT2D eigenvalue weighted by atomic mass is 32.2. The Kier molecular flexibility index (Phi) is 5.04. The van der Waals surface area contributed by atoms with Crippen molar-refractivity contribution in [2.45, 2.75) is 4.90 Å². The van der Waals surface area contributed by atoms with E-state index in [0.717, 1.165) is 17.2 Å². The van der Waals surface area contributed by atoms with Gasteiger partial charge in [0.05, 0.1) is 22.5 Å². The number of rotatable bonds is 4. The Hall–Kier alpha value is -4.27. The molecule has 5 rings (SSSR count). The molecule has 1 aliphatic carbocycles. The van der Waals surface area contributed by atoms with Gasteiger partial charge >= 0.3 is 0 Å². The van der Waals surface area contributed by atoms with Crippen molar-refractivity contribution in [2.24, 2.45) is 0 Å². The van der Waals surface area contributed by atoms with Crippen molar-refractivity contribution in [1.29, 1.82) is 0 Å². The largest absolute Gasteiger partial charge is 0.397 e. The number of anilines is 3. The van der Waals surface area contributed by atoms with Crippen molar-refractivity contribution < 1.29 is 22.6 Å². The summed E-state index contributed by atoms with van der Waals surface area (Å²) in [6, 6.07) is 24.3. The molecule has 168 valence electrons. The molecule has 0 amide bonds. The van der Waals surface area contributed by atoms with Gasteiger partial charge in [-0.15, -0.1) is 0 Å². The Morgan fingerprint density at radius 2 is 1.24 bits per heavy atom. The Morgan fingerprint density at radius 1 is 0.706 bits per heavy atom. The van der Waals surface area contributed by atoms with Crippen LogP contribution in [0.25, 0.3) is 11.1 Å². The number of hydrogen-bond acceptors (Lipinski definition) is 6. The second-order valence-corrected chi connectivity index (χ2v) is 9.22. The van der Waals surface area contributed by atoms with Gasteiger partial charge < -0.3 is 11.1 Å². The van der Waals surface area contributed by atoms with Gasteiger partial charge in [0, 0.05) is 16.8 Å². The van der Waals surface area contributed by atoms with Crippen molar-refractivity contribution in [1.82, 2.24) is 0 Å². The SMILES string of the molecule is Nc1c(S(=O)(=O)O)cc(Nc2ccc(-c3ccccc3)cc2)c2c1C(=O)c1ccccc1C2=O. The van der Waals surface area contributed by atoms with E-state index in [-0.39, 0.29) is 27.9 Å². The third-order valence-electron chi connectivity index (χ3n) is 5.75. The van der Waals surface area contributed by atoms with Crippen LogP contribution in [0.1, 0.15) is 31.8 Å².